The van der Waals surface area contributed by atoms with Crippen molar-refractivity contribution < 1.29 is 13.5 Å². The number of anilines is 1. The van der Waals surface area contributed by atoms with Gasteiger partial charge in [0.1, 0.15) is 5.82 Å². The van der Waals surface area contributed by atoms with E-state index in [1.807, 2.05) is 0 Å². The molecule has 0 fully saturated rings. The molecule has 0 unspecified atom stereocenters. The molecule has 3 N–H and O–H groups in total. The number of ether oxygens (including phenoxy) is 1. The van der Waals surface area contributed by atoms with Crippen LogP contribution in [0.4, 0.5) is 14.6 Å². The van der Waals surface area contributed by atoms with E-state index in [9.17, 15) is 8.78 Å². The Morgan fingerprint density at radius 1 is 1.29 bits per heavy atom. The normalized spacial score (nSPS) is 10.6. The third kappa shape index (κ3) is 1.82. The fourth-order valence-corrected chi connectivity index (χ4v) is 1.66. The number of aryl methyl sites for hydroxylation is 1. The molecule has 0 saturated carbocycles. The number of nitrogens with one attached hydrogen (secondary N) is 1. The quantitative estimate of drug-likeness (QED) is 0.844. The molecule has 90 valence electrons. The molecule has 0 amide bonds. The van der Waals surface area contributed by atoms with Gasteiger partial charge in [0.25, 0.3) is 0 Å². The van der Waals surface area contributed by atoms with E-state index in [1.165, 1.54) is 7.11 Å². The first-order valence-corrected chi connectivity index (χ1v) is 4.88. The lowest BCUT2D eigenvalue weighted by Crippen LogP contribution is -1.95. The summed E-state index contributed by atoms with van der Waals surface area (Å²) in [4.78, 5) is 0. The predicted molar refractivity (Wildman–Crippen MR) is 59.6 cm³/mol. The lowest BCUT2D eigenvalue weighted by atomic mass is 10.0. The van der Waals surface area contributed by atoms with Gasteiger partial charge in [0.15, 0.2) is 17.4 Å². The van der Waals surface area contributed by atoms with E-state index < -0.39 is 11.6 Å². The van der Waals surface area contributed by atoms with E-state index in [1.54, 1.807) is 6.92 Å². The summed E-state index contributed by atoms with van der Waals surface area (Å²) < 4.78 is 32.0. The Bertz CT molecular complexity index is 547. The second-order valence-corrected chi connectivity index (χ2v) is 3.58. The van der Waals surface area contributed by atoms with Crippen molar-refractivity contribution in [2.24, 2.45) is 0 Å². The molecule has 0 spiro atoms. The van der Waals surface area contributed by atoms with Gasteiger partial charge in [-0.3, -0.25) is 5.10 Å². The summed E-state index contributed by atoms with van der Waals surface area (Å²) in [7, 11) is 1.27. The van der Waals surface area contributed by atoms with Crippen LogP contribution in [-0.2, 0) is 0 Å². The maximum absolute atomic E-state index is 13.8. The Labute approximate surface area is 96.4 Å². The zero-order valence-electron chi connectivity index (χ0n) is 9.34. The lowest BCUT2D eigenvalue weighted by Gasteiger charge is -2.07. The summed E-state index contributed by atoms with van der Waals surface area (Å²) >= 11 is 0. The fourth-order valence-electron chi connectivity index (χ4n) is 1.66. The van der Waals surface area contributed by atoms with Gasteiger partial charge in [0, 0.05) is 22.9 Å². The number of H-pyrrole nitrogens is 1. The summed E-state index contributed by atoms with van der Waals surface area (Å²) in [5.74, 6) is -1.28. The average Bonchev–Trinajstić information content (AvgIpc) is 2.62. The number of hydrogen-bond acceptors (Lipinski definition) is 3. The molecule has 1 heterocycles. The third-order valence-electron chi connectivity index (χ3n) is 2.49. The molecule has 0 aliphatic rings. The Hall–Kier alpha value is -2.11. The molecule has 1 aromatic carbocycles. The Kier molecular flexibility index (Phi) is 2.71. The molecular weight excluding hydrogens is 228 g/mol. The van der Waals surface area contributed by atoms with E-state index in [0.717, 1.165) is 12.1 Å². The van der Waals surface area contributed by atoms with Gasteiger partial charge in [-0.05, 0) is 13.0 Å². The van der Waals surface area contributed by atoms with Crippen LogP contribution >= 0.6 is 0 Å². The van der Waals surface area contributed by atoms with Crippen LogP contribution in [0.2, 0.25) is 0 Å². The Balaban J connectivity index is 2.65. The van der Waals surface area contributed by atoms with E-state index >= 15 is 0 Å². The van der Waals surface area contributed by atoms with Gasteiger partial charge in [-0.25, -0.2) is 8.78 Å². The van der Waals surface area contributed by atoms with E-state index in [0.29, 0.717) is 11.3 Å². The average molecular weight is 239 g/mol. The van der Waals surface area contributed by atoms with E-state index in [-0.39, 0.29) is 17.1 Å². The van der Waals surface area contributed by atoms with Gasteiger partial charge in [-0.15, -0.1) is 0 Å². The number of hydrogen-bond donors (Lipinski definition) is 2. The minimum absolute atomic E-state index is 0.0621. The molecule has 0 radical (unpaired) electrons. The smallest absolute Gasteiger partial charge is 0.165 e. The fraction of sp³-hybridized carbons (Fsp3) is 0.182. The van der Waals surface area contributed by atoms with Gasteiger partial charge in [-0.1, -0.05) is 0 Å². The SMILES string of the molecule is COc1cc(F)c(-c2c(N)n[nH]c2C)cc1F. The molecule has 0 aliphatic carbocycles. The number of nitrogen functional groups attached to an aromatic ring is 1. The van der Waals surface area contributed by atoms with E-state index in [4.69, 9.17) is 5.73 Å². The van der Waals surface area contributed by atoms with Crippen LogP contribution in [0, 0.1) is 18.6 Å². The predicted octanol–water partition coefficient (Wildman–Crippen LogP) is 2.25. The third-order valence-corrected chi connectivity index (χ3v) is 2.49. The minimum atomic E-state index is -0.649. The Morgan fingerprint density at radius 2 is 2.00 bits per heavy atom. The molecule has 4 nitrogen and oxygen atoms in total. The molecule has 2 rings (SSSR count). The number of benzene rings is 1. The standard InChI is InChI=1S/C11H11F2N3O/c1-5-10(11(14)16-15-5)6-3-8(13)9(17-2)4-7(6)12/h3-4H,1-2H3,(H3,14,15,16). The number of aromatic nitrogens is 2. The Morgan fingerprint density at radius 3 is 2.53 bits per heavy atom. The highest BCUT2D eigenvalue weighted by Crippen LogP contribution is 2.33. The van der Waals surface area contributed by atoms with Crippen LogP contribution in [0.1, 0.15) is 5.69 Å². The largest absolute Gasteiger partial charge is 0.494 e. The minimum Gasteiger partial charge on any atom is -0.494 e. The highest BCUT2D eigenvalue weighted by molar-refractivity contribution is 5.76. The summed E-state index contributed by atoms with van der Waals surface area (Å²) in [5.41, 5.74) is 6.60. The van der Waals surface area contributed by atoms with Crippen LogP contribution in [0.15, 0.2) is 12.1 Å². The van der Waals surface area contributed by atoms with Gasteiger partial charge in [-0.2, -0.15) is 5.10 Å². The van der Waals surface area contributed by atoms with Crippen molar-refractivity contribution in [2.45, 2.75) is 6.92 Å². The maximum atomic E-state index is 13.8. The summed E-state index contributed by atoms with van der Waals surface area (Å²) in [5, 5.41) is 6.35. The van der Waals surface area contributed by atoms with Gasteiger partial charge < -0.3 is 10.5 Å². The molecule has 1 aromatic heterocycles. The highest BCUT2D eigenvalue weighted by Gasteiger charge is 2.17. The summed E-state index contributed by atoms with van der Waals surface area (Å²) in [6.07, 6.45) is 0. The van der Waals surface area contributed by atoms with Crippen molar-refractivity contribution in [2.75, 3.05) is 12.8 Å². The van der Waals surface area contributed by atoms with Crippen molar-refractivity contribution in [3.8, 4) is 16.9 Å². The highest BCUT2D eigenvalue weighted by atomic mass is 19.1. The first-order valence-electron chi connectivity index (χ1n) is 4.88. The molecular formula is C11H11F2N3O. The first kappa shape index (κ1) is 11.4. The molecule has 0 aliphatic heterocycles. The van der Waals surface area contributed by atoms with Crippen LogP contribution in [0.3, 0.4) is 0 Å². The number of rotatable bonds is 2. The van der Waals surface area contributed by atoms with Crippen LogP contribution in [0.25, 0.3) is 11.1 Å². The van der Waals surface area contributed by atoms with Gasteiger partial charge in [0.05, 0.1) is 7.11 Å². The number of nitrogens with zero attached hydrogens (tertiary/aromatic N) is 1. The molecule has 0 bridgehead atoms. The van der Waals surface area contributed by atoms with Crippen LogP contribution < -0.4 is 10.5 Å². The zero-order valence-corrected chi connectivity index (χ0v) is 9.34. The van der Waals surface area contributed by atoms with Gasteiger partial charge >= 0.3 is 0 Å². The van der Waals surface area contributed by atoms with Crippen molar-refractivity contribution in [1.82, 2.24) is 10.2 Å². The van der Waals surface area contributed by atoms with Crippen molar-refractivity contribution >= 4 is 5.82 Å². The molecule has 0 saturated heterocycles. The number of halogens is 2. The van der Waals surface area contributed by atoms with Crippen molar-refractivity contribution in [3.05, 3.63) is 29.5 Å². The van der Waals surface area contributed by atoms with Crippen LogP contribution in [0.5, 0.6) is 5.75 Å². The van der Waals surface area contributed by atoms with E-state index in [2.05, 4.69) is 14.9 Å². The lowest BCUT2D eigenvalue weighted by molar-refractivity contribution is 0.383. The molecule has 17 heavy (non-hydrogen) atoms. The van der Waals surface area contributed by atoms with Gasteiger partial charge in [0.2, 0.25) is 0 Å². The topological polar surface area (TPSA) is 63.9 Å². The molecule has 0 atom stereocenters. The second-order valence-electron chi connectivity index (χ2n) is 3.58. The summed E-state index contributed by atoms with van der Waals surface area (Å²) in [6, 6.07) is 2.03. The number of aromatic amines is 1. The van der Waals surface area contributed by atoms with Crippen molar-refractivity contribution in [3.63, 3.8) is 0 Å². The summed E-state index contributed by atoms with van der Waals surface area (Å²) in [6.45, 7) is 1.68. The maximum Gasteiger partial charge on any atom is 0.165 e. The first-order chi connectivity index (χ1) is 8.04. The number of methoxy groups -OCH3 is 1. The van der Waals surface area contributed by atoms with Crippen molar-refractivity contribution in [1.29, 1.82) is 0 Å². The zero-order chi connectivity index (χ0) is 12.6. The molecule has 2 aromatic rings. The second kappa shape index (κ2) is 4.04. The molecule has 6 heteroatoms. The number of nitrogens with two attached hydrogens (primary N) is 1. The van der Waals surface area contributed by atoms with Crippen LogP contribution in [-0.4, -0.2) is 17.3 Å². The monoisotopic (exact) mass is 239 g/mol.